The molecular formula is C7H10N4O2. The molecule has 6 nitrogen and oxygen atoms in total. The fourth-order valence-electron chi connectivity index (χ4n) is 1.60. The maximum Gasteiger partial charge on any atom is 0.366 e. The van der Waals surface area contributed by atoms with Gasteiger partial charge in [0.05, 0.1) is 0 Å². The van der Waals surface area contributed by atoms with Gasteiger partial charge in [-0.2, -0.15) is 0 Å². The molecule has 0 unspecified atom stereocenters. The molecule has 1 N–H and O–H groups in total. The summed E-state index contributed by atoms with van der Waals surface area (Å²) >= 11 is 0. The van der Waals surface area contributed by atoms with Gasteiger partial charge in [0, 0.05) is 13.1 Å². The molecule has 0 atom stereocenters. The van der Waals surface area contributed by atoms with Gasteiger partial charge >= 0.3 is 5.82 Å². The highest BCUT2D eigenvalue weighted by molar-refractivity contribution is 5.58. The molecule has 0 spiro atoms. The van der Waals surface area contributed by atoms with Gasteiger partial charge in [-0.25, -0.2) is 0 Å². The smallest absolute Gasteiger partial charge is 0.363 e. The number of hydrogen-bond donors (Lipinski definition) is 1. The second kappa shape index (κ2) is 3.04. The fraction of sp³-hybridized carbons (Fsp3) is 0.571. The fourth-order valence-corrected chi connectivity index (χ4v) is 1.60. The molecule has 0 bridgehead atoms. The molecule has 0 amide bonds. The van der Waals surface area contributed by atoms with Crippen LogP contribution in [0, 0.1) is 10.1 Å². The Kier molecular flexibility index (Phi) is 1.88. The van der Waals surface area contributed by atoms with E-state index >= 15 is 0 Å². The maximum atomic E-state index is 10.5. The minimum atomic E-state index is -0.430. The first-order valence-corrected chi connectivity index (χ1v) is 4.22. The van der Waals surface area contributed by atoms with E-state index in [1.165, 1.54) is 6.20 Å². The zero-order chi connectivity index (χ0) is 9.26. The summed E-state index contributed by atoms with van der Waals surface area (Å²) in [6.45, 7) is 1.78. The largest absolute Gasteiger partial charge is 0.366 e. The lowest BCUT2D eigenvalue weighted by Gasteiger charge is -2.13. The minimum Gasteiger partial charge on any atom is -0.363 e. The molecule has 1 saturated heterocycles. The molecule has 1 aromatic rings. The van der Waals surface area contributed by atoms with Crippen LogP contribution in [0.5, 0.6) is 0 Å². The average Bonchev–Trinajstić information content (AvgIpc) is 2.74. The molecule has 2 rings (SSSR count). The Hall–Kier alpha value is -1.59. The zero-order valence-electron chi connectivity index (χ0n) is 7.06. The third-order valence-electron chi connectivity index (χ3n) is 2.23. The molecule has 1 aliphatic rings. The van der Waals surface area contributed by atoms with Crippen LogP contribution in [0.25, 0.3) is 0 Å². The van der Waals surface area contributed by atoms with Crippen molar-refractivity contribution < 1.29 is 4.92 Å². The summed E-state index contributed by atoms with van der Waals surface area (Å²) < 4.78 is 0. The van der Waals surface area contributed by atoms with E-state index in [0.717, 1.165) is 25.9 Å². The maximum absolute atomic E-state index is 10.5. The number of aromatic amines is 1. The highest BCUT2D eigenvalue weighted by Gasteiger charge is 2.22. The number of nitrogens with zero attached hydrogens (tertiary/aromatic N) is 3. The monoisotopic (exact) mass is 182 g/mol. The third kappa shape index (κ3) is 1.34. The van der Waals surface area contributed by atoms with Gasteiger partial charge in [-0.05, 0) is 17.8 Å². The second-order valence-electron chi connectivity index (χ2n) is 3.06. The van der Waals surface area contributed by atoms with Crippen molar-refractivity contribution in [1.82, 2.24) is 10.2 Å². The first kappa shape index (κ1) is 8.03. The van der Waals surface area contributed by atoms with E-state index in [1.807, 2.05) is 4.90 Å². The first-order valence-electron chi connectivity index (χ1n) is 4.22. The van der Waals surface area contributed by atoms with E-state index < -0.39 is 4.92 Å². The van der Waals surface area contributed by atoms with Crippen LogP contribution in [0.15, 0.2) is 6.20 Å². The van der Waals surface area contributed by atoms with Crippen molar-refractivity contribution >= 4 is 11.5 Å². The first-order chi connectivity index (χ1) is 6.29. The topological polar surface area (TPSA) is 75.1 Å². The van der Waals surface area contributed by atoms with Gasteiger partial charge in [0.1, 0.15) is 6.20 Å². The highest BCUT2D eigenvalue weighted by Crippen LogP contribution is 2.27. The molecule has 1 aromatic heterocycles. The molecule has 0 radical (unpaired) electrons. The zero-order valence-corrected chi connectivity index (χ0v) is 7.06. The van der Waals surface area contributed by atoms with E-state index in [0.29, 0.717) is 5.69 Å². The van der Waals surface area contributed by atoms with Gasteiger partial charge in [0.25, 0.3) is 0 Å². The van der Waals surface area contributed by atoms with Crippen molar-refractivity contribution in [3.63, 3.8) is 0 Å². The summed E-state index contributed by atoms with van der Waals surface area (Å²) in [7, 11) is 0. The molecular weight excluding hydrogens is 172 g/mol. The molecule has 13 heavy (non-hydrogen) atoms. The number of aromatic nitrogens is 2. The van der Waals surface area contributed by atoms with Crippen molar-refractivity contribution in [3.8, 4) is 0 Å². The molecule has 0 aliphatic carbocycles. The van der Waals surface area contributed by atoms with E-state index in [4.69, 9.17) is 0 Å². The Bertz CT molecular complexity index is 316. The van der Waals surface area contributed by atoms with Crippen molar-refractivity contribution in [2.24, 2.45) is 0 Å². The van der Waals surface area contributed by atoms with Crippen LogP contribution >= 0.6 is 0 Å². The summed E-state index contributed by atoms with van der Waals surface area (Å²) in [5.74, 6) is 0.00176. The summed E-state index contributed by atoms with van der Waals surface area (Å²) in [6.07, 6.45) is 3.72. The number of rotatable bonds is 2. The van der Waals surface area contributed by atoms with Crippen LogP contribution in [-0.4, -0.2) is 28.2 Å². The molecule has 0 saturated carbocycles. The van der Waals surface area contributed by atoms with Crippen molar-refractivity contribution in [2.75, 3.05) is 18.0 Å². The van der Waals surface area contributed by atoms with Crippen LogP contribution in [0.4, 0.5) is 11.5 Å². The normalized spacial score (nSPS) is 16.5. The number of nitrogens with one attached hydrogen (secondary N) is 1. The summed E-state index contributed by atoms with van der Waals surface area (Å²) in [5.41, 5.74) is 0.613. The standard InChI is InChI=1S/C7H10N4O2/c12-11(13)7-6(5-8-9-7)10-3-1-2-4-10/h5H,1-4H2,(H,8,9). The van der Waals surface area contributed by atoms with Crippen LogP contribution in [-0.2, 0) is 0 Å². The Morgan fingerprint density at radius 2 is 2.23 bits per heavy atom. The van der Waals surface area contributed by atoms with Gasteiger partial charge in [0.15, 0.2) is 5.69 Å². The summed E-state index contributed by atoms with van der Waals surface area (Å²) in [6, 6.07) is 0. The van der Waals surface area contributed by atoms with Crippen molar-refractivity contribution in [1.29, 1.82) is 0 Å². The minimum absolute atomic E-state index is 0.00176. The van der Waals surface area contributed by atoms with Gasteiger partial charge < -0.3 is 15.0 Å². The quantitative estimate of drug-likeness (QED) is 0.545. The number of hydrogen-bond acceptors (Lipinski definition) is 4. The molecule has 1 fully saturated rings. The van der Waals surface area contributed by atoms with E-state index in [2.05, 4.69) is 10.2 Å². The Morgan fingerprint density at radius 3 is 2.85 bits per heavy atom. The van der Waals surface area contributed by atoms with Crippen molar-refractivity contribution in [3.05, 3.63) is 16.3 Å². The summed E-state index contributed by atoms with van der Waals surface area (Å²) in [4.78, 5) is 12.1. The third-order valence-corrected chi connectivity index (χ3v) is 2.23. The number of nitro groups is 1. The molecule has 70 valence electrons. The van der Waals surface area contributed by atoms with Gasteiger partial charge in [-0.1, -0.05) is 5.10 Å². The van der Waals surface area contributed by atoms with Crippen molar-refractivity contribution in [2.45, 2.75) is 12.8 Å². The van der Waals surface area contributed by atoms with Crippen LogP contribution in [0.1, 0.15) is 12.8 Å². The lowest BCUT2D eigenvalue weighted by molar-refractivity contribution is -0.388. The van der Waals surface area contributed by atoms with Crippen LogP contribution in [0.2, 0.25) is 0 Å². The SMILES string of the molecule is O=[N+]([O-])c1[nH]ncc1N1CCCC1. The van der Waals surface area contributed by atoms with Gasteiger partial charge in [-0.15, -0.1) is 5.10 Å². The highest BCUT2D eigenvalue weighted by atomic mass is 16.6. The molecule has 1 aliphatic heterocycles. The Labute approximate surface area is 74.7 Å². The number of anilines is 1. The van der Waals surface area contributed by atoms with Crippen LogP contribution < -0.4 is 4.90 Å². The molecule has 0 aromatic carbocycles. The predicted molar refractivity (Wildman–Crippen MR) is 46.7 cm³/mol. The summed E-state index contributed by atoms with van der Waals surface area (Å²) in [5, 5.41) is 16.6. The van der Waals surface area contributed by atoms with Gasteiger partial charge in [0.2, 0.25) is 0 Å². The average molecular weight is 182 g/mol. The molecule has 2 heterocycles. The lowest BCUT2D eigenvalue weighted by atomic mass is 10.4. The Balaban J connectivity index is 2.28. The second-order valence-corrected chi connectivity index (χ2v) is 3.06. The number of H-pyrrole nitrogens is 1. The van der Waals surface area contributed by atoms with E-state index in [-0.39, 0.29) is 5.82 Å². The van der Waals surface area contributed by atoms with E-state index in [1.54, 1.807) is 0 Å². The van der Waals surface area contributed by atoms with Crippen LogP contribution in [0.3, 0.4) is 0 Å². The predicted octanol–water partition coefficient (Wildman–Crippen LogP) is 0.918. The lowest BCUT2D eigenvalue weighted by Crippen LogP contribution is -2.17. The molecule has 6 heteroatoms. The van der Waals surface area contributed by atoms with Gasteiger partial charge in [-0.3, -0.25) is 0 Å². The Morgan fingerprint density at radius 1 is 1.54 bits per heavy atom. The van der Waals surface area contributed by atoms with E-state index in [9.17, 15) is 10.1 Å².